The zero-order chi connectivity index (χ0) is 6.24. The van der Waals surface area contributed by atoms with Crippen molar-refractivity contribution in [1.82, 2.24) is 16.1 Å². The van der Waals surface area contributed by atoms with E-state index in [1.165, 1.54) is 6.33 Å². The van der Waals surface area contributed by atoms with Crippen molar-refractivity contribution in [3.8, 4) is 0 Å². The molecule has 3 N–H and O–H groups in total. The fourth-order valence-corrected chi connectivity index (χ4v) is 0.253. The molecule has 60 valence electrons. The van der Waals surface area contributed by atoms with Gasteiger partial charge in [-0.2, -0.15) is 0 Å². The maximum atomic E-state index is 3.67. The summed E-state index contributed by atoms with van der Waals surface area (Å²) in [5.41, 5.74) is 0. The molecule has 0 aliphatic heterocycles. The molecule has 1 heterocycles. The SMILES string of the molecule is CC.Cl.N.c1cncnc1. The maximum absolute atomic E-state index is 3.67. The van der Waals surface area contributed by atoms with E-state index in [4.69, 9.17) is 0 Å². The molecule has 0 unspecified atom stereocenters. The minimum atomic E-state index is 0. The lowest BCUT2D eigenvalue weighted by Crippen LogP contribution is -1.66. The molecule has 1 aromatic heterocycles. The van der Waals surface area contributed by atoms with Crippen LogP contribution in [0.5, 0.6) is 0 Å². The first-order valence-electron chi connectivity index (χ1n) is 2.70. The van der Waals surface area contributed by atoms with Crippen LogP contribution in [0.1, 0.15) is 13.8 Å². The summed E-state index contributed by atoms with van der Waals surface area (Å²) in [6.45, 7) is 4.00. The molecule has 0 spiro atoms. The van der Waals surface area contributed by atoms with Crippen LogP contribution < -0.4 is 6.15 Å². The molecule has 3 nitrogen and oxygen atoms in total. The molecule has 0 amide bonds. The van der Waals surface area contributed by atoms with E-state index in [1.807, 2.05) is 13.8 Å². The number of hydrogen-bond acceptors (Lipinski definition) is 3. The zero-order valence-electron chi connectivity index (χ0n) is 6.32. The molecule has 0 aliphatic rings. The molecule has 0 saturated carbocycles. The van der Waals surface area contributed by atoms with Crippen LogP contribution in [0, 0.1) is 0 Å². The van der Waals surface area contributed by atoms with Crippen molar-refractivity contribution >= 4 is 12.4 Å². The van der Waals surface area contributed by atoms with E-state index in [0.29, 0.717) is 0 Å². The van der Waals surface area contributed by atoms with Crippen molar-refractivity contribution in [2.45, 2.75) is 13.8 Å². The van der Waals surface area contributed by atoms with Crippen LogP contribution in [0.3, 0.4) is 0 Å². The highest BCUT2D eigenvalue weighted by molar-refractivity contribution is 5.85. The largest absolute Gasteiger partial charge is 0.344 e. The summed E-state index contributed by atoms with van der Waals surface area (Å²) >= 11 is 0. The van der Waals surface area contributed by atoms with Crippen LogP contribution in [0.4, 0.5) is 0 Å². The normalized spacial score (nSPS) is 5.40. The third-order valence-electron chi connectivity index (χ3n) is 0.478. The number of nitrogens with zero attached hydrogens (tertiary/aromatic N) is 2. The predicted molar refractivity (Wildman–Crippen MR) is 45.7 cm³/mol. The molecular weight excluding hydrogens is 150 g/mol. The molecule has 4 heteroatoms. The van der Waals surface area contributed by atoms with Crippen LogP contribution >= 0.6 is 12.4 Å². The summed E-state index contributed by atoms with van der Waals surface area (Å²) in [6, 6.07) is 1.78. The van der Waals surface area contributed by atoms with Gasteiger partial charge in [-0.25, -0.2) is 9.97 Å². The Morgan fingerprint density at radius 1 is 1.00 bits per heavy atom. The van der Waals surface area contributed by atoms with E-state index in [-0.39, 0.29) is 18.6 Å². The second kappa shape index (κ2) is 15.8. The molecule has 0 radical (unpaired) electrons. The molecule has 0 aromatic carbocycles. The molecule has 0 aliphatic carbocycles. The molecule has 0 bridgehead atoms. The van der Waals surface area contributed by atoms with Gasteiger partial charge in [0.05, 0.1) is 0 Å². The van der Waals surface area contributed by atoms with Gasteiger partial charge >= 0.3 is 0 Å². The topological polar surface area (TPSA) is 60.8 Å². The summed E-state index contributed by atoms with van der Waals surface area (Å²) in [5, 5.41) is 0. The Balaban J connectivity index is -0.000000114. The van der Waals surface area contributed by atoms with Crippen LogP contribution in [0.25, 0.3) is 0 Å². The molecule has 1 rings (SSSR count). The van der Waals surface area contributed by atoms with E-state index in [9.17, 15) is 0 Å². The molecule has 10 heavy (non-hydrogen) atoms. The minimum Gasteiger partial charge on any atom is -0.344 e. The van der Waals surface area contributed by atoms with Gasteiger partial charge in [-0.05, 0) is 6.07 Å². The monoisotopic (exact) mass is 163 g/mol. The number of halogens is 1. The number of rotatable bonds is 0. The minimum absolute atomic E-state index is 0. The lowest BCUT2D eigenvalue weighted by Gasteiger charge is -1.70. The maximum Gasteiger partial charge on any atom is 0.115 e. The van der Waals surface area contributed by atoms with Crippen molar-refractivity contribution in [1.29, 1.82) is 0 Å². The first kappa shape index (κ1) is 16.2. The third kappa shape index (κ3) is 10.3. The van der Waals surface area contributed by atoms with Gasteiger partial charge in [0.25, 0.3) is 0 Å². The fraction of sp³-hybridized carbons (Fsp3) is 0.333. The predicted octanol–water partition coefficient (Wildman–Crippen LogP) is 2.09. The van der Waals surface area contributed by atoms with Crippen LogP contribution in [-0.2, 0) is 0 Å². The van der Waals surface area contributed by atoms with Crippen molar-refractivity contribution < 1.29 is 0 Å². The first-order valence-corrected chi connectivity index (χ1v) is 2.70. The molecular formula is C6H14ClN3. The van der Waals surface area contributed by atoms with Gasteiger partial charge in [-0.15, -0.1) is 12.4 Å². The summed E-state index contributed by atoms with van der Waals surface area (Å²) in [6.07, 6.45) is 4.88. The Morgan fingerprint density at radius 3 is 1.50 bits per heavy atom. The summed E-state index contributed by atoms with van der Waals surface area (Å²) in [4.78, 5) is 7.35. The summed E-state index contributed by atoms with van der Waals surface area (Å²) in [5.74, 6) is 0. The molecule has 1 aromatic rings. The van der Waals surface area contributed by atoms with Gasteiger partial charge in [0, 0.05) is 12.4 Å². The number of hydrogen-bond donors (Lipinski definition) is 1. The fourth-order valence-electron chi connectivity index (χ4n) is 0.253. The Morgan fingerprint density at radius 2 is 1.40 bits per heavy atom. The highest BCUT2D eigenvalue weighted by atomic mass is 35.5. The van der Waals surface area contributed by atoms with Crippen molar-refractivity contribution in [3.63, 3.8) is 0 Å². The Labute approximate surface area is 67.9 Å². The van der Waals surface area contributed by atoms with E-state index in [0.717, 1.165) is 0 Å². The first-order chi connectivity index (χ1) is 4.00. The summed E-state index contributed by atoms with van der Waals surface area (Å²) in [7, 11) is 0. The van der Waals surface area contributed by atoms with E-state index >= 15 is 0 Å². The lowest BCUT2D eigenvalue weighted by molar-refractivity contribution is 1.17. The zero-order valence-corrected chi connectivity index (χ0v) is 7.14. The number of aromatic nitrogens is 2. The van der Waals surface area contributed by atoms with Gasteiger partial charge in [0.2, 0.25) is 0 Å². The van der Waals surface area contributed by atoms with E-state index in [1.54, 1.807) is 18.5 Å². The summed E-state index contributed by atoms with van der Waals surface area (Å²) < 4.78 is 0. The third-order valence-corrected chi connectivity index (χ3v) is 0.478. The standard InChI is InChI=1S/C4H4N2.C2H6.ClH.H3N/c1-2-5-4-6-3-1;1-2;;/h1-4H;1-2H3;1H;1H3. The Kier molecular flexibility index (Phi) is 25.5. The van der Waals surface area contributed by atoms with E-state index in [2.05, 4.69) is 9.97 Å². The van der Waals surface area contributed by atoms with Gasteiger partial charge in [0.1, 0.15) is 6.33 Å². The second-order valence-corrected chi connectivity index (χ2v) is 0.904. The van der Waals surface area contributed by atoms with Crippen LogP contribution in [-0.4, -0.2) is 9.97 Å². The quantitative estimate of drug-likeness (QED) is 0.637. The van der Waals surface area contributed by atoms with Crippen molar-refractivity contribution in [2.75, 3.05) is 0 Å². The van der Waals surface area contributed by atoms with Crippen molar-refractivity contribution in [2.24, 2.45) is 0 Å². The van der Waals surface area contributed by atoms with Gasteiger partial charge in [-0.1, -0.05) is 13.8 Å². The lowest BCUT2D eigenvalue weighted by atomic mass is 10.7. The molecule has 0 fully saturated rings. The van der Waals surface area contributed by atoms with Crippen molar-refractivity contribution in [3.05, 3.63) is 24.8 Å². The van der Waals surface area contributed by atoms with Gasteiger partial charge in [0.15, 0.2) is 0 Å². The van der Waals surface area contributed by atoms with Crippen LogP contribution in [0.2, 0.25) is 0 Å². The second-order valence-electron chi connectivity index (χ2n) is 0.904. The van der Waals surface area contributed by atoms with Gasteiger partial charge in [-0.3, -0.25) is 0 Å². The highest BCUT2D eigenvalue weighted by Gasteiger charge is 1.59. The smallest absolute Gasteiger partial charge is 0.115 e. The molecule has 0 atom stereocenters. The molecule has 0 saturated heterocycles. The van der Waals surface area contributed by atoms with E-state index < -0.39 is 0 Å². The van der Waals surface area contributed by atoms with Crippen LogP contribution in [0.15, 0.2) is 24.8 Å². The Bertz CT molecular complexity index is 84.9. The highest BCUT2D eigenvalue weighted by Crippen LogP contribution is 1.66. The van der Waals surface area contributed by atoms with Gasteiger partial charge < -0.3 is 6.15 Å². The Hall–Kier alpha value is -0.670. The average Bonchev–Trinajstić information content (AvgIpc) is 1.96. The average molecular weight is 164 g/mol.